The smallest absolute Gasteiger partial charge is 0.253 e. The minimum absolute atomic E-state index is 0.410. The molecule has 2 heterocycles. The van der Waals surface area contributed by atoms with Crippen LogP contribution in [0.15, 0.2) is 88.8 Å². The molecule has 1 fully saturated rings. The van der Waals surface area contributed by atoms with Crippen molar-refractivity contribution in [2.24, 2.45) is 16.6 Å². The van der Waals surface area contributed by atoms with Gasteiger partial charge in [0.2, 0.25) is 0 Å². The third kappa shape index (κ3) is 5.07. The van der Waals surface area contributed by atoms with Crippen molar-refractivity contribution in [3.8, 4) is 11.5 Å². The van der Waals surface area contributed by atoms with E-state index in [1.54, 1.807) is 6.21 Å². The summed E-state index contributed by atoms with van der Waals surface area (Å²) in [5, 5.41) is 3.40. The number of primary amides is 1. The van der Waals surface area contributed by atoms with Crippen LogP contribution in [0.4, 0.5) is 0 Å². The van der Waals surface area contributed by atoms with Crippen molar-refractivity contribution >= 4 is 17.7 Å². The largest absolute Gasteiger partial charge is 0.457 e. The number of nitrogens with one attached hydrogen (secondary N) is 1. The Morgan fingerprint density at radius 1 is 1.09 bits per heavy atom. The first-order valence-electron chi connectivity index (χ1n) is 11.3. The van der Waals surface area contributed by atoms with Crippen molar-refractivity contribution in [1.29, 1.82) is 0 Å². The Balaban J connectivity index is 1.63. The van der Waals surface area contributed by atoms with Crippen molar-refractivity contribution in [1.82, 2.24) is 10.2 Å². The second kappa shape index (κ2) is 10.3. The lowest BCUT2D eigenvalue weighted by Crippen LogP contribution is -2.34. The Kier molecular flexibility index (Phi) is 7.05. The van der Waals surface area contributed by atoms with Gasteiger partial charge in [-0.2, -0.15) is 0 Å². The van der Waals surface area contributed by atoms with Gasteiger partial charge in [-0.05, 0) is 74.3 Å². The van der Waals surface area contributed by atoms with E-state index in [0.717, 1.165) is 48.6 Å². The molecule has 4 rings (SSSR count). The van der Waals surface area contributed by atoms with E-state index in [2.05, 4.69) is 10.3 Å². The minimum Gasteiger partial charge on any atom is -0.457 e. The van der Waals surface area contributed by atoms with Crippen molar-refractivity contribution in [3.63, 3.8) is 0 Å². The van der Waals surface area contributed by atoms with Gasteiger partial charge in [0.1, 0.15) is 17.3 Å². The number of benzene rings is 2. The molecule has 170 valence electrons. The number of ether oxygens (including phenoxy) is 1. The summed E-state index contributed by atoms with van der Waals surface area (Å²) in [7, 11) is 1.96. The molecule has 2 aromatic rings. The molecule has 0 aromatic heterocycles. The van der Waals surface area contributed by atoms with Crippen LogP contribution in [0.5, 0.6) is 11.5 Å². The number of rotatable bonds is 6. The van der Waals surface area contributed by atoms with Crippen LogP contribution in [-0.2, 0) is 4.79 Å². The zero-order chi connectivity index (χ0) is 23.2. The maximum atomic E-state index is 12.7. The Morgan fingerprint density at radius 3 is 2.39 bits per heavy atom. The first-order chi connectivity index (χ1) is 16.1. The Morgan fingerprint density at radius 2 is 1.76 bits per heavy atom. The van der Waals surface area contributed by atoms with Gasteiger partial charge in [-0.1, -0.05) is 36.4 Å². The standard InChI is InChI=1S/C27H30N4O2/c1-3-23(19-9-11-22(12-10-19)33-21-7-5-4-6-8-21)25(26(28)32)27-30-18-15-24(31(27)2)20-13-16-29-17-14-20/h3-12,15,18,20,29H,13-14,16-17H2,1-2H3,(H2,28,32)/b23-3-,27-25+. The van der Waals surface area contributed by atoms with Gasteiger partial charge >= 0.3 is 0 Å². The van der Waals surface area contributed by atoms with E-state index in [1.807, 2.05) is 85.6 Å². The number of hydrogen-bond donors (Lipinski definition) is 2. The molecule has 0 radical (unpaired) electrons. The zero-order valence-electron chi connectivity index (χ0n) is 19.1. The van der Waals surface area contributed by atoms with Gasteiger partial charge in [0.05, 0.1) is 5.57 Å². The summed E-state index contributed by atoms with van der Waals surface area (Å²) in [5.74, 6) is 1.99. The minimum atomic E-state index is -0.502. The van der Waals surface area contributed by atoms with Crippen molar-refractivity contribution < 1.29 is 9.53 Å². The number of amides is 1. The van der Waals surface area contributed by atoms with Crippen LogP contribution in [0.25, 0.3) is 5.57 Å². The highest BCUT2D eigenvalue weighted by molar-refractivity contribution is 6.09. The SMILES string of the molecule is C/C=C(\C(C(N)=O)=C1\N=CC=C(C2CCNCC2)N1C)c1ccc(Oc2ccccc2)cc1. The van der Waals surface area contributed by atoms with E-state index in [-0.39, 0.29) is 0 Å². The van der Waals surface area contributed by atoms with E-state index in [1.165, 1.54) is 5.70 Å². The van der Waals surface area contributed by atoms with E-state index in [9.17, 15) is 4.79 Å². The van der Waals surface area contributed by atoms with Gasteiger partial charge in [0, 0.05) is 24.9 Å². The molecule has 33 heavy (non-hydrogen) atoms. The first kappa shape index (κ1) is 22.6. The summed E-state index contributed by atoms with van der Waals surface area (Å²) in [6, 6.07) is 17.3. The molecule has 6 nitrogen and oxygen atoms in total. The van der Waals surface area contributed by atoms with Crippen LogP contribution < -0.4 is 15.8 Å². The Hall–Kier alpha value is -3.64. The molecule has 0 spiro atoms. The normalized spacial score (nSPS) is 18.7. The number of allylic oxidation sites excluding steroid dienone is 3. The predicted octanol–water partition coefficient (Wildman–Crippen LogP) is 4.48. The zero-order valence-corrected chi connectivity index (χ0v) is 19.1. The average molecular weight is 443 g/mol. The molecule has 2 aromatic carbocycles. The molecular formula is C27H30N4O2. The number of piperidine rings is 1. The fourth-order valence-electron chi connectivity index (χ4n) is 4.41. The molecule has 6 heteroatoms. The van der Waals surface area contributed by atoms with E-state index in [0.29, 0.717) is 17.3 Å². The third-order valence-corrected chi connectivity index (χ3v) is 6.08. The molecule has 3 N–H and O–H groups in total. The van der Waals surface area contributed by atoms with Gasteiger partial charge in [-0.3, -0.25) is 4.79 Å². The van der Waals surface area contributed by atoms with Crippen LogP contribution in [-0.4, -0.2) is 37.2 Å². The second-order valence-electron chi connectivity index (χ2n) is 8.16. The topological polar surface area (TPSA) is 80.0 Å². The second-order valence-corrected chi connectivity index (χ2v) is 8.16. The lowest BCUT2D eigenvalue weighted by Gasteiger charge is -2.34. The first-order valence-corrected chi connectivity index (χ1v) is 11.3. The van der Waals surface area contributed by atoms with Crippen LogP contribution in [0.3, 0.4) is 0 Å². The van der Waals surface area contributed by atoms with E-state index >= 15 is 0 Å². The van der Waals surface area contributed by atoms with Gasteiger partial charge in [0.25, 0.3) is 5.91 Å². The lowest BCUT2D eigenvalue weighted by atomic mass is 9.91. The van der Waals surface area contributed by atoms with Gasteiger partial charge in [0.15, 0.2) is 0 Å². The fraction of sp³-hybridized carbons (Fsp3) is 0.259. The van der Waals surface area contributed by atoms with E-state index < -0.39 is 5.91 Å². The molecule has 2 aliphatic heterocycles. The molecule has 0 bridgehead atoms. The van der Waals surface area contributed by atoms with Gasteiger partial charge in [-0.25, -0.2) is 4.99 Å². The fourth-order valence-corrected chi connectivity index (χ4v) is 4.41. The summed E-state index contributed by atoms with van der Waals surface area (Å²) in [4.78, 5) is 19.3. The number of aliphatic imine (C=N–C) groups is 1. The number of carbonyl (C=O) groups excluding carboxylic acids is 1. The van der Waals surface area contributed by atoms with Gasteiger partial charge < -0.3 is 20.7 Å². The average Bonchev–Trinajstić information content (AvgIpc) is 2.85. The molecule has 0 atom stereocenters. The summed E-state index contributed by atoms with van der Waals surface area (Å²) in [6.45, 7) is 3.89. The van der Waals surface area contributed by atoms with E-state index in [4.69, 9.17) is 10.5 Å². The number of carbonyl (C=O) groups is 1. The van der Waals surface area contributed by atoms with Crippen molar-refractivity contribution in [2.45, 2.75) is 19.8 Å². The molecule has 0 unspecified atom stereocenters. The molecule has 2 aliphatic rings. The van der Waals surface area contributed by atoms with Crippen LogP contribution in [0.2, 0.25) is 0 Å². The van der Waals surface area contributed by atoms with Crippen molar-refractivity contribution in [3.05, 3.63) is 89.4 Å². The summed E-state index contributed by atoms with van der Waals surface area (Å²) >= 11 is 0. The molecule has 0 saturated carbocycles. The highest BCUT2D eigenvalue weighted by Gasteiger charge is 2.28. The van der Waals surface area contributed by atoms with Crippen LogP contribution in [0.1, 0.15) is 25.3 Å². The number of hydrogen-bond acceptors (Lipinski definition) is 5. The van der Waals surface area contributed by atoms with Crippen molar-refractivity contribution in [2.75, 3.05) is 20.1 Å². The van der Waals surface area contributed by atoms with Crippen LogP contribution >= 0.6 is 0 Å². The Bertz CT molecular complexity index is 1110. The lowest BCUT2D eigenvalue weighted by molar-refractivity contribution is -0.114. The maximum Gasteiger partial charge on any atom is 0.253 e. The molecule has 1 saturated heterocycles. The molecule has 1 amide bonds. The monoisotopic (exact) mass is 442 g/mol. The number of nitrogens with two attached hydrogens (primary N) is 1. The summed E-state index contributed by atoms with van der Waals surface area (Å²) in [5.41, 5.74) is 9.11. The molecule has 0 aliphatic carbocycles. The highest BCUT2D eigenvalue weighted by atomic mass is 16.5. The summed E-state index contributed by atoms with van der Waals surface area (Å²) < 4.78 is 5.90. The third-order valence-electron chi connectivity index (χ3n) is 6.08. The quantitative estimate of drug-likeness (QED) is 0.647. The van der Waals surface area contributed by atoms with Crippen LogP contribution in [0, 0.1) is 5.92 Å². The number of para-hydroxylation sites is 1. The molecular weight excluding hydrogens is 412 g/mol. The highest BCUT2D eigenvalue weighted by Crippen LogP contribution is 2.34. The van der Waals surface area contributed by atoms with Gasteiger partial charge in [-0.15, -0.1) is 0 Å². The summed E-state index contributed by atoms with van der Waals surface area (Å²) in [6.07, 6.45) is 7.85. The maximum absolute atomic E-state index is 12.7. The Labute approximate surface area is 195 Å². The predicted molar refractivity (Wildman–Crippen MR) is 133 cm³/mol. The number of nitrogens with zero attached hydrogens (tertiary/aromatic N) is 2.